The van der Waals surface area contributed by atoms with Gasteiger partial charge in [0, 0.05) is 19.2 Å². The zero-order valence-corrected chi connectivity index (χ0v) is 17.8. The van der Waals surface area contributed by atoms with Crippen LogP contribution in [0.15, 0.2) is 47.4 Å². The molecule has 0 fully saturated rings. The fraction of sp³-hybridized carbons (Fsp3) is 0.190. The number of halogens is 1. The van der Waals surface area contributed by atoms with Gasteiger partial charge in [0.25, 0.3) is 11.5 Å². The number of aromatic nitrogens is 5. The van der Waals surface area contributed by atoms with Crippen LogP contribution in [0, 0.1) is 0 Å². The Kier molecular flexibility index (Phi) is 4.78. The standard InChI is InChI=1S/C21H19ClN8O2/c1-11(25-17-15-14(26-21(23)27-17)7-9-24-19(15)31)18-28-29-10-8-13(22)16(29)20(32)30(18)12-5-3-2-4-6-12/h2-6,8,10-11H,7,9H2,1H3,(H,24,31)(H3,23,25,26,27)/t11-/m0/s1. The smallest absolute Gasteiger partial charge is 0.284 e. The van der Waals surface area contributed by atoms with E-state index in [4.69, 9.17) is 17.3 Å². The van der Waals surface area contributed by atoms with Crippen molar-refractivity contribution in [1.82, 2.24) is 29.5 Å². The van der Waals surface area contributed by atoms with Crippen LogP contribution in [0.1, 0.15) is 34.8 Å². The summed E-state index contributed by atoms with van der Waals surface area (Å²) in [7, 11) is 0. The minimum absolute atomic E-state index is 0.0641. The monoisotopic (exact) mass is 450 g/mol. The quantitative estimate of drug-likeness (QED) is 0.433. The van der Waals surface area contributed by atoms with Crippen LogP contribution in [0.5, 0.6) is 0 Å². The number of anilines is 2. The molecule has 1 aliphatic heterocycles. The van der Waals surface area contributed by atoms with Crippen molar-refractivity contribution in [3.05, 3.63) is 75.1 Å². The van der Waals surface area contributed by atoms with Crippen LogP contribution in [-0.2, 0) is 6.42 Å². The van der Waals surface area contributed by atoms with Gasteiger partial charge in [0.1, 0.15) is 16.9 Å². The van der Waals surface area contributed by atoms with Crippen molar-refractivity contribution in [2.24, 2.45) is 0 Å². The van der Waals surface area contributed by atoms with Gasteiger partial charge < -0.3 is 16.4 Å². The summed E-state index contributed by atoms with van der Waals surface area (Å²) in [5.74, 6) is 0.482. The van der Waals surface area contributed by atoms with Gasteiger partial charge in [0.05, 0.1) is 22.4 Å². The van der Waals surface area contributed by atoms with Crippen molar-refractivity contribution in [2.45, 2.75) is 19.4 Å². The van der Waals surface area contributed by atoms with E-state index < -0.39 is 6.04 Å². The molecule has 1 atom stereocenters. The molecule has 1 amide bonds. The predicted molar refractivity (Wildman–Crippen MR) is 120 cm³/mol. The van der Waals surface area contributed by atoms with Crippen LogP contribution >= 0.6 is 11.6 Å². The van der Waals surface area contributed by atoms with Crippen LogP contribution in [0.4, 0.5) is 11.8 Å². The van der Waals surface area contributed by atoms with Crippen molar-refractivity contribution in [2.75, 3.05) is 17.6 Å². The molecule has 0 spiro atoms. The molecule has 5 rings (SSSR count). The summed E-state index contributed by atoms with van der Waals surface area (Å²) in [6.45, 7) is 2.31. The van der Waals surface area contributed by atoms with Crippen LogP contribution in [0.25, 0.3) is 11.2 Å². The molecule has 162 valence electrons. The number of para-hydroxylation sites is 1. The topological polar surface area (TPSA) is 132 Å². The number of hydrogen-bond acceptors (Lipinski definition) is 7. The highest BCUT2D eigenvalue weighted by molar-refractivity contribution is 6.33. The summed E-state index contributed by atoms with van der Waals surface area (Å²) in [6, 6.07) is 10.2. The molecule has 0 saturated carbocycles. The van der Waals surface area contributed by atoms with E-state index in [1.165, 1.54) is 9.08 Å². The summed E-state index contributed by atoms with van der Waals surface area (Å²) in [4.78, 5) is 34.4. The predicted octanol–water partition coefficient (Wildman–Crippen LogP) is 1.97. The fourth-order valence-corrected chi connectivity index (χ4v) is 4.08. The minimum Gasteiger partial charge on any atom is -0.368 e. The van der Waals surface area contributed by atoms with Gasteiger partial charge in [0.15, 0.2) is 5.82 Å². The Balaban J connectivity index is 1.67. The molecule has 1 aromatic carbocycles. The molecule has 0 bridgehead atoms. The Labute approximate surface area is 187 Å². The van der Waals surface area contributed by atoms with Gasteiger partial charge in [-0.15, -0.1) is 0 Å². The molecule has 10 nitrogen and oxygen atoms in total. The first-order valence-corrected chi connectivity index (χ1v) is 10.4. The number of amides is 1. The van der Waals surface area contributed by atoms with Crippen LogP contribution in [0.3, 0.4) is 0 Å². The summed E-state index contributed by atoms with van der Waals surface area (Å²) in [5.41, 5.74) is 7.40. The van der Waals surface area contributed by atoms with E-state index in [9.17, 15) is 9.59 Å². The molecule has 11 heteroatoms. The molecule has 0 unspecified atom stereocenters. The Hall–Kier alpha value is -3.92. The SMILES string of the molecule is C[C@H](Nc1nc(N)nc2c1C(=O)NCC2)c1nn2ccc(Cl)c2c(=O)n1-c1ccccc1. The maximum atomic E-state index is 13.4. The second-order valence-electron chi connectivity index (χ2n) is 7.42. The van der Waals surface area contributed by atoms with Crippen molar-refractivity contribution >= 4 is 34.8 Å². The van der Waals surface area contributed by atoms with E-state index in [1.54, 1.807) is 12.3 Å². The zero-order valence-electron chi connectivity index (χ0n) is 17.0. The lowest BCUT2D eigenvalue weighted by molar-refractivity contribution is 0.0945. The average molecular weight is 451 g/mol. The summed E-state index contributed by atoms with van der Waals surface area (Å²) in [6.07, 6.45) is 2.18. The molecule has 0 aliphatic carbocycles. The Bertz CT molecular complexity index is 1410. The molecule has 3 aromatic heterocycles. The van der Waals surface area contributed by atoms with Crippen molar-refractivity contribution in [3.8, 4) is 5.69 Å². The number of nitrogens with zero attached hydrogens (tertiary/aromatic N) is 5. The fourth-order valence-electron chi connectivity index (χ4n) is 3.86. The number of carbonyl (C=O) groups is 1. The number of nitrogens with one attached hydrogen (secondary N) is 2. The first-order valence-electron chi connectivity index (χ1n) is 10.0. The van der Waals surface area contributed by atoms with Gasteiger partial charge in [-0.3, -0.25) is 14.2 Å². The summed E-state index contributed by atoms with van der Waals surface area (Å²) in [5, 5.41) is 11.0. The van der Waals surface area contributed by atoms with Crippen LogP contribution < -0.4 is 21.9 Å². The number of rotatable bonds is 4. The highest BCUT2D eigenvalue weighted by Gasteiger charge is 2.27. The third kappa shape index (κ3) is 3.25. The Morgan fingerprint density at radius 1 is 1.19 bits per heavy atom. The maximum absolute atomic E-state index is 13.4. The average Bonchev–Trinajstić information content (AvgIpc) is 3.15. The lowest BCUT2D eigenvalue weighted by Gasteiger charge is -2.23. The molecular weight excluding hydrogens is 432 g/mol. The van der Waals surface area contributed by atoms with Gasteiger partial charge in [-0.1, -0.05) is 29.8 Å². The molecule has 4 heterocycles. The number of benzene rings is 1. The van der Waals surface area contributed by atoms with E-state index in [1.807, 2.05) is 37.3 Å². The lowest BCUT2D eigenvalue weighted by Crippen LogP contribution is -2.35. The number of carbonyl (C=O) groups excluding carboxylic acids is 1. The number of nitrogen functional groups attached to an aromatic ring is 1. The van der Waals surface area contributed by atoms with Crippen molar-refractivity contribution in [3.63, 3.8) is 0 Å². The van der Waals surface area contributed by atoms with E-state index in [0.29, 0.717) is 40.8 Å². The Morgan fingerprint density at radius 3 is 2.75 bits per heavy atom. The van der Waals surface area contributed by atoms with Gasteiger partial charge >= 0.3 is 0 Å². The van der Waals surface area contributed by atoms with Crippen molar-refractivity contribution < 1.29 is 4.79 Å². The van der Waals surface area contributed by atoms with Gasteiger partial charge in [-0.2, -0.15) is 10.1 Å². The largest absolute Gasteiger partial charge is 0.368 e. The second kappa shape index (κ2) is 7.65. The van der Waals surface area contributed by atoms with Gasteiger partial charge in [-0.25, -0.2) is 9.50 Å². The summed E-state index contributed by atoms with van der Waals surface area (Å²) >= 11 is 6.25. The lowest BCUT2D eigenvalue weighted by atomic mass is 10.1. The van der Waals surface area contributed by atoms with Crippen LogP contribution in [-0.4, -0.2) is 36.6 Å². The number of nitrogens with two attached hydrogens (primary N) is 1. The third-order valence-corrected chi connectivity index (χ3v) is 5.60. The van der Waals surface area contributed by atoms with Gasteiger partial charge in [-0.05, 0) is 25.1 Å². The van der Waals surface area contributed by atoms with Crippen LogP contribution in [0.2, 0.25) is 5.02 Å². The van der Waals surface area contributed by atoms with E-state index in [0.717, 1.165) is 0 Å². The molecular formula is C21H19ClN8O2. The maximum Gasteiger partial charge on any atom is 0.284 e. The second-order valence-corrected chi connectivity index (χ2v) is 7.82. The van der Waals surface area contributed by atoms with E-state index in [2.05, 4.69) is 25.7 Å². The highest BCUT2D eigenvalue weighted by atomic mass is 35.5. The molecule has 32 heavy (non-hydrogen) atoms. The minimum atomic E-state index is -0.526. The first-order chi connectivity index (χ1) is 15.4. The Morgan fingerprint density at radius 2 is 1.97 bits per heavy atom. The third-order valence-electron chi connectivity index (χ3n) is 5.29. The molecule has 0 radical (unpaired) electrons. The van der Waals surface area contributed by atoms with Crippen molar-refractivity contribution in [1.29, 1.82) is 0 Å². The molecule has 4 aromatic rings. The van der Waals surface area contributed by atoms with Gasteiger partial charge in [0.2, 0.25) is 5.95 Å². The number of fused-ring (bicyclic) bond motifs is 2. The highest BCUT2D eigenvalue weighted by Crippen LogP contribution is 2.26. The number of hydrogen-bond donors (Lipinski definition) is 3. The molecule has 1 aliphatic rings. The van der Waals surface area contributed by atoms with E-state index in [-0.39, 0.29) is 28.7 Å². The van der Waals surface area contributed by atoms with E-state index >= 15 is 0 Å². The zero-order chi connectivity index (χ0) is 22.4. The normalized spacial score (nSPS) is 14.1. The first kappa shape index (κ1) is 20.0. The molecule has 4 N–H and O–H groups in total. The molecule has 0 saturated heterocycles. The summed E-state index contributed by atoms with van der Waals surface area (Å²) < 4.78 is 2.95.